The summed E-state index contributed by atoms with van der Waals surface area (Å²) in [6.45, 7) is 1.58. The number of hydrogen-bond acceptors (Lipinski definition) is 2. The van der Waals surface area contributed by atoms with E-state index in [2.05, 4.69) is 5.32 Å². The first-order valence-corrected chi connectivity index (χ1v) is 5.97. The first kappa shape index (κ1) is 17.6. The molecule has 0 aliphatic carbocycles. The Morgan fingerprint density at radius 1 is 1.05 bits per heavy atom. The van der Waals surface area contributed by atoms with Gasteiger partial charge in [-0.15, -0.1) is 0 Å². The first-order chi connectivity index (χ1) is 9.52. The van der Waals surface area contributed by atoms with Gasteiger partial charge in [-0.2, -0.15) is 26.3 Å². The predicted molar refractivity (Wildman–Crippen MR) is 65.1 cm³/mol. The molecule has 0 radical (unpaired) electrons. The highest BCUT2D eigenvalue weighted by molar-refractivity contribution is 5.39. The van der Waals surface area contributed by atoms with Crippen LogP contribution in [0.4, 0.5) is 26.3 Å². The van der Waals surface area contributed by atoms with E-state index >= 15 is 0 Å². The fraction of sp³-hybridized carbons (Fsp3) is 0.538. The number of halogens is 6. The van der Waals surface area contributed by atoms with Crippen LogP contribution in [0.15, 0.2) is 18.2 Å². The predicted octanol–water partition coefficient (Wildman–Crippen LogP) is 4.00. The molecule has 1 aromatic carbocycles. The van der Waals surface area contributed by atoms with Gasteiger partial charge in [0.25, 0.3) is 0 Å². The molecule has 0 saturated carbocycles. The zero-order valence-corrected chi connectivity index (χ0v) is 11.6. The Morgan fingerprint density at radius 3 is 1.95 bits per heavy atom. The van der Waals surface area contributed by atoms with Gasteiger partial charge in [0.05, 0.1) is 13.2 Å². The van der Waals surface area contributed by atoms with Crippen LogP contribution in [-0.4, -0.2) is 26.5 Å². The quantitative estimate of drug-likeness (QED) is 0.848. The Labute approximate surface area is 118 Å². The smallest absolute Gasteiger partial charge is 0.402 e. The molecule has 0 bridgehead atoms. The highest BCUT2D eigenvalue weighted by Gasteiger charge is 2.60. The number of benzene rings is 1. The second kappa shape index (κ2) is 6.13. The molecular formula is C13H15F6NO. The molecule has 8 heteroatoms. The lowest BCUT2D eigenvalue weighted by molar-refractivity contribution is -0.292. The van der Waals surface area contributed by atoms with Gasteiger partial charge >= 0.3 is 12.4 Å². The van der Waals surface area contributed by atoms with Gasteiger partial charge in [-0.3, -0.25) is 0 Å². The lowest BCUT2D eigenvalue weighted by atomic mass is 9.90. The van der Waals surface area contributed by atoms with E-state index in [0.717, 1.165) is 7.05 Å². The summed E-state index contributed by atoms with van der Waals surface area (Å²) in [7, 11) is 2.24. The highest BCUT2D eigenvalue weighted by Crippen LogP contribution is 2.47. The molecule has 0 aromatic heterocycles. The second-order valence-corrected chi connectivity index (χ2v) is 4.57. The summed E-state index contributed by atoms with van der Waals surface area (Å²) in [5, 5.41) is 2.11. The number of ether oxygens (including phenoxy) is 1. The average Bonchev–Trinajstić information content (AvgIpc) is 2.32. The molecule has 0 heterocycles. The van der Waals surface area contributed by atoms with Gasteiger partial charge < -0.3 is 10.1 Å². The lowest BCUT2D eigenvalue weighted by Gasteiger charge is -2.31. The van der Waals surface area contributed by atoms with E-state index in [0.29, 0.717) is 5.56 Å². The summed E-state index contributed by atoms with van der Waals surface area (Å²) >= 11 is 0. The van der Waals surface area contributed by atoms with Crippen LogP contribution in [0.5, 0.6) is 5.75 Å². The lowest BCUT2D eigenvalue weighted by Crippen LogP contribution is -2.45. The molecule has 0 aliphatic rings. The molecule has 0 saturated heterocycles. The van der Waals surface area contributed by atoms with Crippen LogP contribution in [-0.2, 0) is 0 Å². The van der Waals surface area contributed by atoms with E-state index in [9.17, 15) is 26.3 Å². The first-order valence-electron chi connectivity index (χ1n) is 5.97. The van der Waals surface area contributed by atoms with E-state index in [1.165, 1.54) is 19.2 Å². The molecule has 0 fully saturated rings. The topological polar surface area (TPSA) is 21.3 Å². The number of aryl methyl sites for hydroxylation is 1. The Balaban J connectivity index is 3.43. The van der Waals surface area contributed by atoms with Crippen LogP contribution in [0.1, 0.15) is 17.2 Å². The SMILES string of the molecule is CNC(c1cc(C)ccc1OC)C(C(F)(F)F)C(F)(F)F. The van der Waals surface area contributed by atoms with E-state index in [1.54, 1.807) is 13.0 Å². The molecule has 120 valence electrons. The van der Waals surface area contributed by atoms with Crippen molar-refractivity contribution in [1.82, 2.24) is 5.32 Å². The fourth-order valence-corrected chi connectivity index (χ4v) is 2.16. The molecule has 2 nitrogen and oxygen atoms in total. The normalized spacial score (nSPS) is 14.4. The Bertz CT molecular complexity index is 469. The second-order valence-electron chi connectivity index (χ2n) is 4.57. The highest BCUT2D eigenvalue weighted by atomic mass is 19.4. The molecule has 1 rings (SSSR count). The average molecular weight is 315 g/mol. The number of methoxy groups -OCH3 is 1. The van der Waals surface area contributed by atoms with Crippen LogP contribution in [0, 0.1) is 12.8 Å². The molecule has 1 aromatic rings. The summed E-state index contributed by atoms with van der Waals surface area (Å²) < 4.78 is 82.1. The van der Waals surface area contributed by atoms with Crippen molar-refractivity contribution in [1.29, 1.82) is 0 Å². The summed E-state index contributed by atoms with van der Waals surface area (Å²) in [6.07, 6.45) is -10.9. The van der Waals surface area contributed by atoms with Gasteiger partial charge in [0.2, 0.25) is 0 Å². The van der Waals surface area contributed by atoms with Crippen molar-refractivity contribution in [3.8, 4) is 5.75 Å². The van der Waals surface area contributed by atoms with Crippen LogP contribution in [0.3, 0.4) is 0 Å². The summed E-state index contributed by atoms with van der Waals surface area (Å²) in [5.41, 5.74) is 0.355. The maximum absolute atomic E-state index is 12.9. The van der Waals surface area contributed by atoms with Crippen molar-refractivity contribution in [3.63, 3.8) is 0 Å². The van der Waals surface area contributed by atoms with Crippen LogP contribution < -0.4 is 10.1 Å². The van der Waals surface area contributed by atoms with E-state index < -0.39 is 24.3 Å². The van der Waals surface area contributed by atoms with E-state index in [1.807, 2.05) is 0 Å². The standard InChI is InChI=1S/C13H15F6NO/c1-7-4-5-9(21-3)8(6-7)10(20-2)11(12(14,15)16)13(17,18)19/h4-6,10-11,20H,1-3H3. The van der Waals surface area contributed by atoms with Gasteiger partial charge in [-0.1, -0.05) is 17.7 Å². The van der Waals surface area contributed by atoms with Crippen LogP contribution in [0.2, 0.25) is 0 Å². The van der Waals surface area contributed by atoms with Crippen molar-refractivity contribution in [2.75, 3.05) is 14.2 Å². The van der Waals surface area contributed by atoms with Gasteiger partial charge in [0.1, 0.15) is 5.75 Å². The number of alkyl halides is 6. The summed E-state index contributed by atoms with van der Waals surface area (Å²) in [6, 6.07) is 2.16. The maximum Gasteiger partial charge on any atom is 0.402 e. The van der Waals surface area contributed by atoms with Crippen molar-refractivity contribution >= 4 is 0 Å². The minimum Gasteiger partial charge on any atom is -0.496 e. The van der Waals surface area contributed by atoms with Crippen LogP contribution >= 0.6 is 0 Å². The molecular weight excluding hydrogens is 300 g/mol. The molecule has 21 heavy (non-hydrogen) atoms. The molecule has 1 N–H and O–H groups in total. The monoisotopic (exact) mass is 315 g/mol. The summed E-state index contributed by atoms with van der Waals surface area (Å²) in [5.74, 6) is -3.55. The third-order valence-corrected chi connectivity index (χ3v) is 3.07. The Hall–Kier alpha value is -1.44. The van der Waals surface area contributed by atoms with Crippen LogP contribution in [0.25, 0.3) is 0 Å². The number of hydrogen-bond donors (Lipinski definition) is 1. The molecule has 0 spiro atoms. The third-order valence-electron chi connectivity index (χ3n) is 3.07. The van der Waals surface area contributed by atoms with E-state index in [-0.39, 0.29) is 11.3 Å². The van der Waals surface area contributed by atoms with Gasteiger partial charge in [-0.05, 0) is 20.0 Å². The maximum atomic E-state index is 12.9. The number of nitrogens with one attached hydrogen (secondary N) is 1. The largest absolute Gasteiger partial charge is 0.496 e. The number of rotatable bonds is 4. The van der Waals surface area contributed by atoms with Crippen molar-refractivity contribution < 1.29 is 31.1 Å². The Morgan fingerprint density at radius 2 is 1.57 bits per heavy atom. The zero-order valence-electron chi connectivity index (χ0n) is 11.6. The van der Waals surface area contributed by atoms with Crippen molar-refractivity contribution in [3.05, 3.63) is 29.3 Å². The molecule has 1 atom stereocenters. The van der Waals surface area contributed by atoms with Gasteiger partial charge in [0.15, 0.2) is 5.92 Å². The summed E-state index contributed by atoms with van der Waals surface area (Å²) in [4.78, 5) is 0. The minimum atomic E-state index is -5.43. The van der Waals surface area contributed by atoms with Gasteiger partial charge in [0, 0.05) is 5.56 Å². The molecule has 0 amide bonds. The van der Waals surface area contributed by atoms with Gasteiger partial charge in [-0.25, -0.2) is 0 Å². The Kier molecular flexibility index (Phi) is 5.14. The minimum absolute atomic E-state index is 0.0292. The zero-order chi connectivity index (χ0) is 16.4. The van der Waals surface area contributed by atoms with Crippen molar-refractivity contribution in [2.45, 2.75) is 25.3 Å². The van der Waals surface area contributed by atoms with Crippen molar-refractivity contribution in [2.24, 2.45) is 5.92 Å². The third kappa shape index (κ3) is 4.03. The fourth-order valence-electron chi connectivity index (χ4n) is 2.16. The van der Waals surface area contributed by atoms with E-state index in [4.69, 9.17) is 4.74 Å². The molecule has 0 aliphatic heterocycles. The molecule has 1 unspecified atom stereocenters.